The second-order valence-corrected chi connectivity index (χ2v) is 33.4. The van der Waals surface area contributed by atoms with E-state index in [1.165, 1.54) is 62.5 Å². The Morgan fingerprint density at radius 1 is 0.578 bits per heavy atom. The Hall–Kier alpha value is -13.2. The van der Waals surface area contributed by atoms with Crippen molar-refractivity contribution in [3.05, 3.63) is 120 Å². The molecule has 3 aromatic heterocycles. The Balaban J connectivity index is 0.996. The fourth-order valence-electron chi connectivity index (χ4n) is 15.3. The Morgan fingerprint density at radius 2 is 1.12 bits per heavy atom. The number of hydrogen-bond acceptors (Lipinski definition) is 22. The predicted octanol–water partition coefficient (Wildman–Crippen LogP) is -3.34. The van der Waals surface area contributed by atoms with Crippen LogP contribution < -0.4 is 81.4 Å². The van der Waals surface area contributed by atoms with Crippen LogP contribution in [-0.2, 0) is 102 Å². The van der Waals surface area contributed by atoms with Gasteiger partial charge in [-0.2, -0.15) is 0 Å². The molecule has 0 aliphatic carbocycles. The minimum Gasteiger partial charge on any atom is -0.508 e. The number of carbonyl (C=O) groups is 16. The van der Waals surface area contributed by atoms with Crippen LogP contribution >= 0.6 is 11.8 Å². The van der Waals surface area contributed by atoms with E-state index in [4.69, 9.17) is 28.3 Å². The summed E-state index contributed by atoms with van der Waals surface area (Å²) < 4.78 is 0. The number of unbranched alkanes of at least 4 members (excludes halogenated alkanes) is 1. The van der Waals surface area contributed by atoms with E-state index in [9.17, 15) is 58.2 Å². The number of aromatic amines is 3. The van der Waals surface area contributed by atoms with Crippen LogP contribution in [0.1, 0.15) is 121 Å². The number of aliphatic hydroxyl groups excluding tert-OH is 1. The van der Waals surface area contributed by atoms with Crippen LogP contribution in [0.2, 0.25) is 0 Å². The predicted molar refractivity (Wildman–Crippen MR) is 472 cm³/mol. The smallest absolute Gasteiger partial charge is 0.245 e. The number of amides is 16. The maximum atomic E-state index is 15.6. The Labute approximate surface area is 743 Å². The molecule has 43 heteroatoms. The maximum Gasteiger partial charge on any atom is 0.245 e. The molecule has 42 nitrogen and oxygen atoms in total. The molecule has 6 aromatic rings. The molecule has 2 aliphatic rings. The van der Waals surface area contributed by atoms with Crippen LogP contribution in [0.25, 0.3) is 21.8 Å². The summed E-state index contributed by atoms with van der Waals surface area (Å²) in [5.74, 6) is -14.2. The molecule has 0 bridgehead atoms. The first-order valence-electron chi connectivity index (χ1n) is 42.5. The number of benzene rings is 3. The molecule has 128 heavy (non-hydrogen) atoms. The van der Waals surface area contributed by atoms with Gasteiger partial charge in [-0.1, -0.05) is 82.1 Å². The third-order valence-corrected chi connectivity index (χ3v) is 23.4. The Bertz CT molecular complexity index is 4910. The summed E-state index contributed by atoms with van der Waals surface area (Å²) in [4.78, 5) is 244. The molecule has 5 heterocycles. The van der Waals surface area contributed by atoms with Crippen molar-refractivity contribution in [2.45, 2.75) is 203 Å². The number of nitrogens with zero attached hydrogens (tertiary/aromatic N) is 5. The van der Waals surface area contributed by atoms with Crippen LogP contribution in [0.4, 0.5) is 0 Å². The zero-order chi connectivity index (χ0) is 93.6. The molecular weight excluding hydrogens is 1680 g/mol. The van der Waals surface area contributed by atoms with E-state index in [-0.39, 0.29) is 107 Å². The van der Waals surface area contributed by atoms with Crippen molar-refractivity contribution in [3.63, 3.8) is 0 Å². The van der Waals surface area contributed by atoms with Gasteiger partial charge in [0.15, 0.2) is 5.96 Å². The van der Waals surface area contributed by atoms with Crippen molar-refractivity contribution in [2.24, 2.45) is 28.9 Å². The van der Waals surface area contributed by atoms with Gasteiger partial charge in [-0.05, 0) is 105 Å². The van der Waals surface area contributed by atoms with Gasteiger partial charge in [-0.25, -0.2) is 4.98 Å². The van der Waals surface area contributed by atoms with E-state index >= 15 is 28.8 Å². The SMILES string of the molecule is CCCC[C@@H](C(=O)N(C)[C@@H](C)C(=O)N[C@@H](CCCNC(=N)N)C(=O)NC(CSCC(=O)N[C@@H](Cc1ccc(O)cc1)C(=O)NC)C(=O)NCC(N)=O)N(C)C(=O)[C@H](Cc1c[nH]c2ccccc12)NC(=O)[C@H](CO)NC(=O)[C@H](Cc1c[nH]c2ccccc12)NC(=O)[C@@H]1CCCN1C(=O)[C@H](CC(C)C)NC(=O)[C@H](Cc1cnc[nH]1)NC(=O)[C@@H]1CCCN1C(=O)[C@@H](N)CC(N)=O. The number of rotatable bonds is 49. The number of aromatic nitrogens is 4. The second-order valence-electron chi connectivity index (χ2n) is 32.3. The van der Waals surface area contributed by atoms with Crippen molar-refractivity contribution in [1.29, 1.82) is 5.41 Å². The van der Waals surface area contributed by atoms with Gasteiger partial charge >= 0.3 is 0 Å². The van der Waals surface area contributed by atoms with Gasteiger partial charge in [0.2, 0.25) is 94.5 Å². The summed E-state index contributed by atoms with van der Waals surface area (Å²) in [6.07, 6.45) is 6.90. The number of thioether (sulfide) groups is 1. The van der Waals surface area contributed by atoms with Crippen LogP contribution in [0, 0.1) is 11.3 Å². The molecule has 0 saturated carbocycles. The van der Waals surface area contributed by atoms with Crippen LogP contribution in [0.3, 0.4) is 0 Å². The average molecular weight is 1800 g/mol. The van der Waals surface area contributed by atoms with Crippen molar-refractivity contribution >= 4 is 134 Å². The number of primary amides is 2. The fraction of sp³-hybridized carbons (Fsp3) is 0.506. The third-order valence-electron chi connectivity index (χ3n) is 22.3. The number of nitrogens with one attached hydrogen (secondary N) is 15. The first kappa shape index (κ1) is 100. The monoisotopic (exact) mass is 1800 g/mol. The number of guanidine groups is 1. The molecule has 0 spiro atoms. The van der Waals surface area contributed by atoms with E-state index in [0.717, 1.165) is 21.6 Å². The van der Waals surface area contributed by atoms with Crippen molar-refractivity contribution < 1.29 is 86.9 Å². The number of H-pyrrole nitrogens is 3. The highest BCUT2D eigenvalue weighted by atomic mass is 32.2. The molecule has 3 aromatic carbocycles. The van der Waals surface area contributed by atoms with E-state index in [1.54, 1.807) is 73.1 Å². The summed E-state index contributed by atoms with van der Waals surface area (Å²) in [7, 11) is 4.02. The Kier molecular flexibility index (Phi) is 38.0. The summed E-state index contributed by atoms with van der Waals surface area (Å²) in [6.45, 7) is 5.32. The van der Waals surface area contributed by atoms with Crippen molar-refractivity contribution in [3.8, 4) is 5.75 Å². The normalized spacial score (nSPS) is 16.2. The number of likely N-dealkylation sites (N-methyl/N-ethyl adjacent to an activating group) is 3. The number of aliphatic hydroxyl groups is 1. The lowest BCUT2D eigenvalue weighted by Gasteiger charge is -2.35. The van der Waals surface area contributed by atoms with Crippen LogP contribution in [0.5, 0.6) is 5.75 Å². The number of phenols is 1. The van der Waals surface area contributed by atoms with E-state index in [0.29, 0.717) is 69.9 Å². The lowest BCUT2D eigenvalue weighted by molar-refractivity contribution is -0.149. The number of para-hydroxylation sites is 2. The minimum absolute atomic E-state index is 0.00676. The van der Waals surface area contributed by atoms with E-state index in [2.05, 4.69) is 78.4 Å². The molecule has 2 aliphatic heterocycles. The number of fused-ring (bicyclic) bond motifs is 2. The number of likely N-dealkylation sites (tertiary alicyclic amines) is 2. The lowest BCUT2D eigenvalue weighted by Crippen LogP contribution is -2.61. The molecule has 1 unspecified atom stereocenters. The number of aromatic hydroxyl groups is 1. The van der Waals surface area contributed by atoms with Gasteiger partial charge in [0.05, 0.1) is 37.7 Å². The topological polar surface area (TPSA) is 647 Å². The number of imidazole rings is 1. The summed E-state index contributed by atoms with van der Waals surface area (Å²) in [5.41, 5.74) is 25.7. The molecule has 8 rings (SSSR count). The molecule has 13 atom stereocenters. The zero-order valence-corrected chi connectivity index (χ0v) is 73.6. The summed E-state index contributed by atoms with van der Waals surface area (Å²) in [6, 6.07) is 2.20. The standard InChI is InChI=1S/C85H120N24O18S/c1-8-9-22-68(84(127)106(6)47(4)72(115)99-58(21-14-29-93-85(89)90)75(118)105-65(74(117)96-41-70(88)113)43-128-44-71(114)98-59(73(116)91-5)33-48-25-27-52(111)28-26-48)107(7)82(125)63(35-50-39-95-57-20-13-11-18-54(50)57)103-78(121)64(42-110)104-76(119)60(34-49-38-94-56-19-12-10-17-53(49)56)100-80(123)67-24-16-31-109(67)83(126)62(32-46(2)3)102-77(120)61(36-51-40-92-45-97-51)101-79(122)66-23-15-30-108(66)81(124)55(86)37-69(87)112/h10-13,17-20,25-28,38-40,45-47,55,58-68,94-95,110-111H,8-9,14-16,21-24,29-37,41-44,86H2,1-7H3,(H2,87,112)(H2,88,113)(H,91,116)(H,92,97)(H,96,117)(H,98,114)(H,99,115)(H,100,123)(H,101,122)(H,102,120)(H,103,121)(H,104,119)(H,105,118)(H4,89,90,93)/t47-,55-,58-,59-,60-,61-,62-,63-,64-,65?,66-,67-,68-/m0/s1. The first-order chi connectivity index (χ1) is 61.0. The first-order valence-corrected chi connectivity index (χ1v) is 43.7. The molecule has 2 fully saturated rings. The van der Waals surface area contributed by atoms with E-state index < -0.39 is 199 Å². The summed E-state index contributed by atoms with van der Waals surface area (Å²) in [5, 5.41) is 59.0. The van der Waals surface area contributed by atoms with Gasteiger partial charge in [0, 0.05) is 118 Å². The molecule has 2 saturated heterocycles. The van der Waals surface area contributed by atoms with Gasteiger partial charge in [0.25, 0.3) is 0 Å². The minimum atomic E-state index is -1.84. The molecule has 25 N–H and O–H groups in total. The number of hydrogen-bond donors (Lipinski definition) is 21. The number of carbonyl (C=O) groups excluding carboxylic acids is 16. The van der Waals surface area contributed by atoms with Crippen LogP contribution in [-0.4, -0.2) is 294 Å². The molecule has 16 amide bonds. The Morgan fingerprint density at radius 3 is 1.67 bits per heavy atom. The number of phenolic OH excluding ortho intramolecular Hbond substituents is 1. The van der Waals surface area contributed by atoms with Gasteiger partial charge < -0.3 is 126 Å². The maximum absolute atomic E-state index is 15.6. The molecule has 0 radical (unpaired) electrons. The average Bonchev–Trinajstić information content (AvgIpc) is 1.65. The molecule has 694 valence electrons. The third kappa shape index (κ3) is 28.7. The van der Waals surface area contributed by atoms with Crippen molar-refractivity contribution in [2.75, 3.05) is 65.4 Å². The highest BCUT2D eigenvalue weighted by Crippen LogP contribution is 2.27. The number of nitrogens with two attached hydrogens (primary N) is 4. The zero-order valence-electron chi connectivity index (χ0n) is 72.8. The second kappa shape index (κ2) is 48.5. The highest BCUT2D eigenvalue weighted by molar-refractivity contribution is 8.00. The lowest BCUT2D eigenvalue weighted by atomic mass is 10.0. The largest absolute Gasteiger partial charge is 0.508 e. The van der Waals surface area contributed by atoms with Gasteiger partial charge in [0.1, 0.15) is 78.3 Å². The molecular formula is C85H120N24O18S. The van der Waals surface area contributed by atoms with Crippen LogP contribution in [0.15, 0.2) is 97.7 Å². The van der Waals surface area contributed by atoms with Gasteiger partial charge in [-0.15, -0.1) is 11.8 Å². The van der Waals surface area contributed by atoms with Gasteiger partial charge in [-0.3, -0.25) is 82.1 Å². The fourth-order valence-corrected chi connectivity index (χ4v) is 16.2. The van der Waals surface area contributed by atoms with E-state index in [1.807, 2.05) is 20.8 Å². The quantitative estimate of drug-likeness (QED) is 0.0101. The highest BCUT2D eigenvalue weighted by Gasteiger charge is 2.44. The van der Waals surface area contributed by atoms with Crippen molar-refractivity contribution in [1.82, 2.24) is 98.0 Å². The summed E-state index contributed by atoms with van der Waals surface area (Å²) >= 11 is 0.872.